The van der Waals surface area contributed by atoms with Gasteiger partial charge < -0.3 is 14.9 Å². The van der Waals surface area contributed by atoms with E-state index in [0.717, 1.165) is 30.2 Å². The number of hydrogen-bond donors (Lipinski definition) is 1. The standard InChI is InChI=1S/C11H17N5/c1-4-9-14-10(11(12)15(9)3)8-6-13-7-16(8)5-2/h6-7H,4-5,12H2,1-3H3. The van der Waals surface area contributed by atoms with Crippen molar-refractivity contribution in [1.29, 1.82) is 0 Å². The monoisotopic (exact) mass is 219 g/mol. The van der Waals surface area contributed by atoms with E-state index in [-0.39, 0.29) is 0 Å². The van der Waals surface area contributed by atoms with Crippen molar-refractivity contribution < 1.29 is 0 Å². The zero-order valence-corrected chi connectivity index (χ0v) is 9.94. The fourth-order valence-electron chi connectivity index (χ4n) is 1.83. The molecule has 0 bridgehead atoms. The predicted octanol–water partition coefficient (Wildman–Crippen LogP) is 1.45. The summed E-state index contributed by atoms with van der Waals surface area (Å²) in [7, 11) is 1.94. The van der Waals surface area contributed by atoms with Gasteiger partial charge in [-0.05, 0) is 6.92 Å². The van der Waals surface area contributed by atoms with Crippen molar-refractivity contribution in [1.82, 2.24) is 19.1 Å². The van der Waals surface area contributed by atoms with E-state index in [2.05, 4.69) is 23.8 Å². The highest BCUT2D eigenvalue weighted by molar-refractivity contribution is 5.67. The van der Waals surface area contributed by atoms with Crippen molar-refractivity contribution in [3.8, 4) is 11.4 Å². The van der Waals surface area contributed by atoms with E-state index in [9.17, 15) is 0 Å². The van der Waals surface area contributed by atoms with Crippen molar-refractivity contribution in [2.75, 3.05) is 5.73 Å². The van der Waals surface area contributed by atoms with Crippen LogP contribution in [0.1, 0.15) is 19.7 Å². The number of rotatable bonds is 3. The number of anilines is 1. The normalized spacial score (nSPS) is 10.9. The molecule has 2 rings (SSSR count). The van der Waals surface area contributed by atoms with Gasteiger partial charge in [-0.15, -0.1) is 0 Å². The van der Waals surface area contributed by atoms with Crippen LogP contribution in [0.3, 0.4) is 0 Å². The van der Waals surface area contributed by atoms with E-state index in [1.54, 1.807) is 6.33 Å². The van der Waals surface area contributed by atoms with Crippen LogP contribution in [-0.2, 0) is 20.0 Å². The van der Waals surface area contributed by atoms with Gasteiger partial charge in [0, 0.05) is 20.0 Å². The number of aryl methyl sites for hydroxylation is 2. The van der Waals surface area contributed by atoms with E-state index in [0.29, 0.717) is 5.82 Å². The summed E-state index contributed by atoms with van der Waals surface area (Å²) in [4.78, 5) is 8.69. The number of nitrogen functional groups attached to an aromatic ring is 1. The molecular weight excluding hydrogens is 202 g/mol. The van der Waals surface area contributed by atoms with Gasteiger partial charge >= 0.3 is 0 Å². The Morgan fingerprint density at radius 3 is 2.69 bits per heavy atom. The summed E-state index contributed by atoms with van der Waals surface area (Å²) < 4.78 is 3.97. The van der Waals surface area contributed by atoms with Crippen LogP contribution in [0.15, 0.2) is 12.5 Å². The van der Waals surface area contributed by atoms with Gasteiger partial charge in [0.1, 0.15) is 17.3 Å². The average molecular weight is 219 g/mol. The van der Waals surface area contributed by atoms with Crippen LogP contribution < -0.4 is 5.73 Å². The Labute approximate surface area is 94.9 Å². The van der Waals surface area contributed by atoms with Gasteiger partial charge in [-0.3, -0.25) is 0 Å². The van der Waals surface area contributed by atoms with Gasteiger partial charge in [0.25, 0.3) is 0 Å². The SMILES string of the molecule is CCc1nc(-c2cncn2CC)c(N)n1C. The van der Waals surface area contributed by atoms with Gasteiger partial charge in [-0.2, -0.15) is 0 Å². The van der Waals surface area contributed by atoms with Crippen LogP contribution in [0.4, 0.5) is 5.82 Å². The van der Waals surface area contributed by atoms with Crippen LogP contribution in [0.5, 0.6) is 0 Å². The first-order valence-electron chi connectivity index (χ1n) is 5.50. The lowest BCUT2D eigenvalue weighted by molar-refractivity contribution is 0.767. The second-order valence-electron chi connectivity index (χ2n) is 3.74. The average Bonchev–Trinajstić information content (AvgIpc) is 2.86. The first-order chi connectivity index (χ1) is 7.69. The van der Waals surface area contributed by atoms with Crippen LogP contribution in [0, 0.1) is 0 Å². The van der Waals surface area contributed by atoms with Gasteiger partial charge in [0.15, 0.2) is 0 Å². The lowest BCUT2D eigenvalue weighted by Crippen LogP contribution is -2.01. The summed E-state index contributed by atoms with van der Waals surface area (Å²) in [5.41, 5.74) is 7.87. The van der Waals surface area contributed by atoms with Crippen molar-refractivity contribution in [2.24, 2.45) is 7.05 Å². The Bertz CT molecular complexity index is 494. The molecule has 2 aromatic heterocycles. The Balaban J connectivity index is 2.56. The summed E-state index contributed by atoms with van der Waals surface area (Å²) in [5.74, 6) is 1.70. The Kier molecular flexibility index (Phi) is 2.68. The molecule has 2 aromatic rings. The molecule has 2 heterocycles. The maximum absolute atomic E-state index is 6.05. The lowest BCUT2D eigenvalue weighted by atomic mass is 10.3. The van der Waals surface area contributed by atoms with Gasteiger partial charge in [0.05, 0.1) is 18.2 Å². The molecular formula is C11H17N5. The van der Waals surface area contributed by atoms with E-state index in [4.69, 9.17) is 5.73 Å². The van der Waals surface area contributed by atoms with Crippen LogP contribution in [0.2, 0.25) is 0 Å². The van der Waals surface area contributed by atoms with Crippen molar-refractivity contribution in [2.45, 2.75) is 26.8 Å². The van der Waals surface area contributed by atoms with E-state index in [1.165, 1.54) is 0 Å². The molecule has 0 aliphatic carbocycles. The second-order valence-corrected chi connectivity index (χ2v) is 3.74. The van der Waals surface area contributed by atoms with E-state index in [1.807, 2.05) is 22.4 Å². The number of imidazole rings is 2. The molecule has 0 aliphatic rings. The maximum atomic E-state index is 6.05. The number of nitrogens with two attached hydrogens (primary N) is 1. The van der Waals surface area contributed by atoms with E-state index < -0.39 is 0 Å². The molecule has 0 saturated heterocycles. The maximum Gasteiger partial charge on any atom is 0.133 e. The number of aromatic nitrogens is 4. The predicted molar refractivity (Wildman–Crippen MR) is 63.9 cm³/mol. The smallest absolute Gasteiger partial charge is 0.133 e. The Morgan fingerprint density at radius 2 is 2.12 bits per heavy atom. The van der Waals surface area contributed by atoms with Gasteiger partial charge in [-0.1, -0.05) is 6.92 Å². The van der Waals surface area contributed by atoms with Crippen LogP contribution >= 0.6 is 0 Å². The quantitative estimate of drug-likeness (QED) is 0.849. The van der Waals surface area contributed by atoms with Crippen molar-refractivity contribution in [3.63, 3.8) is 0 Å². The molecule has 0 saturated carbocycles. The van der Waals surface area contributed by atoms with Crippen LogP contribution in [0.25, 0.3) is 11.4 Å². The van der Waals surface area contributed by atoms with Gasteiger partial charge in [-0.25, -0.2) is 9.97 Å². The minimum atomic E-state index is 0.701. The Hall–Kier alpha value is -1.78. The minimum Gasteiger partial charge on any atom is -0.383 e. The molecule has 86 valence electrons. The highest BCUT2D eigenvalue weighted by atomic mass is 15.1. The molecule has 0 radical (unpaired) electrons. The third-order valence-corrected chi connectivity index (χ3v) is 2.84. The molecule has 0 atom stereocenters. The number of hydrogen-bond acceptors (Lipinski definition) is 3. The molecule has 0 spiro atoms. The minimum absolute atomic E-state index is 0.701. The van der Waals surface area contributed by atoms with Crippen LogP contribution in [-0.4, -0.2) is 19.1 Å². The fourth-order valence-corrected chi connectivity index (χ4v) is 1.83. The summed E-state index contributed by atoms with van der Waals surface area (Å²) >= 11 is 0. The highest BCUT2D eigenvalue weighted by Crippen LogP contribution is 2.25. The first kappa shape index (κ1) is 10.7. The zero-order valence-electron chi connectivity index (χ0n) is 9.94. The summed E-state index contributed by atoms with van der Waals surface area (Å²) in [6.45, 7) is 5.01. The largest absolute Gasteiger partial charge is 0.383 e. The molecule has 5 heteroatoms. The number of nitrogens with zero attached hydrogens (tertiary/aromatic N) is 4. The summed E-state index contributed by atoms with van der Waals surface area (Å²) in [6.07, 6.45) is 4.48. The lowest BCUT2D eigenvalue weighted by Gasteiger charge is -2.03. The molecule has 5 nitrogen and oxygen atoms in total. The molecule has 2 N–H and O–H groups in total. The molecule has 16 heavy (non-hydrogen) atoms. The van der Waals surface area contributed by atoms with Gasteiger partial charge in [0.2, 0.25) is 0 Å². The van der Waals surface area contributed by atoms with Crippen molar-refractivity contribution in [3.05, 3.63) is 18.3 Å². The molecule has 0 unspecified atom stereocenters. The molecule has 0 amide bonds. The summed E-state index contributed by atoms with van der Waals surface area (Å²) in [6, 6.07) is 0. The summed E-state index contributed by atoms with van der Waals surface area (Å²) in [5, 5.41) is 0. The van der Waals surface area contributed by atoms with E-state index >= 15 is 0 Å². The first-order valence-corrected chi connectivity index (χ1v) is 5.50. The molecule has 0 aromatic carbocycles. The van der Waals surface area contributed by atoms with Crippen molar-refractivity contribution >= 4 is 5.82 Å². The Morgan fingerprint density at radius 1 is 1.38 bits per heavy atom. The second kappa shape index (κ2) is 4.00. The fraction of sp³-hybridized carbons (Fsp3) is 0.455. The zero-order chi connectivity index (χ0) is 11.7. The third-order valence-electron chi connectivity index (χ3n) is 2.84. The highest BCUT2D eigenvalue weighted by Gasteiger charge is 2.15. The molecule has 0 fully saturated rings. The third kappa shape index (κ3) is 1.48. The topological polar surface area (TPSA) is 61.7 Å². The molecule has 0 aliphatic heterocycles.